The summed E-state index contributed by atoms with van der Waals surface area (Å²) in [6.07, 6.45) is 4.22. The number of amides is 1. The van der Waals surface area contributed by atoms with Crippen molar-refractivity contribution < 1.29 is 4.79 Å². The number of aromatic nitrogens is 2. The maximum absolute atomic E-state index is 12.9. The molecule has 1 aromatic carbocycles. The van der Waals surface area contributed by atoms with Crippen molar-refractivity contribution in [3.63, 3.8) is 0 Å². The maximum Gasteiger partial charge on any atom is 0.278 e. The summed E-state index contributed by atoms with van der Waals surface area (Å²) < 4.78 is 1.95. The second-order valence-electron chi connectivity index (χ2n) is 6.56. The van der Waals surface area contributed by atoms with Gasteiger partial charge in [0, 0.05) is 30.9 Å². The molecule has 1 amide bonds. The van der Waals surface area contributed by atoms with Crippen LogP contribution in [0.3, 0.4) is 0 Å². The summed E-state index contributed by atoms with van der Waals surface area (Å²) in [5.41, 5.74) is 2.81. The summed E-state index contributed by atoms with van der Waals surface area (Å²) in [5.74, 6) is 0.379. The first-order chi connectivity index (χ1) is 11.2. The Balaban J connectivity index is 1.57. The summed E-state index contributed by atoms with van der Waals surface area (Å²) >= 11 is 0. The molecule has 120 valence electrons. The van der Waals surface area contributed by atoms with Gasteiger partial charge in [0.25, 0.3) is 5.91 Å². The summed E-state index contributed by atoms with van der Waals surface area (Å²) in [7, 11) is 0. The lowest BCUT2D eigenvalue weighted by Gasteiger charge is -2.23. The number of rotatable bonds is 2. The van der Waals surface area contributed by atoms with E-state index in [2.05, 4.69) is 23.4 Å². The molecule has 0 bridgehead atoms. The van der Waals surface area contributed by atoms with Crippen LogP contribution in [-0.2, 0) is 0 Å². The van der Waals surface area contributed by atoms with Crippen LogP contribution >= 0.6 is 0 Å². The molecule has 5 heteroatoms. The van der Waals surface area contributed by atoms with E-state index in [0.29, 0.717) is 17.7 Å². The maximum atomic E-state index is 12.9. The second kappa shape index (κ2) is 5.81. The lowest BCUT2D eigenvalue weighted by atomic mass is 10.0. The van der Waals surface area contributed by atoms with Gasteiger partial charge in [0.1, 0.15) is 0 Å². The molecule has 1 saturated heterocycles. The Morgan fingerprint density at radius 2 is 2.17 bits per heavy atom. The monoisotopic (exact) mass is 310 g/mol. The van der Waals surface area contributed by atoms with Crippen molar-refractivity contribution in [3.8, 4) is 0 Å². The molecule has 5 nitrogen and oxygen atoms in total. The Hall–Kier alpha value is -2.14. The number of nitrogens with one attached hydrogen (secondary N) is 1. The third-order valence-electron chi connectivity index (χ3n) is 4.93. The third kappa shape index (κ3) is 2.55. The number of benzene rings is 1. The molecule has 23 heavy (non-hydrogen) atoms. The van der Waals surface area contributed by atoms with Crippen LogP contribution in [0.4, 0.5) is 5.69 Å². The molecule has 0 aliphatic carbocycles. The van der Waals surface area contributed by atoms with Crippen molar-refractivity contribution in [2.24, 2.45) is 0 Å². The molecule has 0 radical (unpaired) electrons. The molecule has 2 aromatic rings. The number of anilines is 1. The van der Waals surface area contributed by atoms with Crippen LogP contribution in [0.5, 0.6) is 0 Å². The number of para-hydroxylation sites is 1. The highest BCUT2D eigenvalue weighted by molar-refractivity contribution is 6.06. The molecule has 0 spiro atoms. The number of nitrogens with zero attached hydrogens (tertiary/aromatic N) is 3. The Kier molecular flexibility index (Phi) is 3.65. The Labute approximate surface area is 136 Å². The minimum Gasteiger partial charge on any atom is -0.315 e. The van der Waals surface area contributed by atoms with Crippen molar-refractivity contribution in [3.05, 3.63) is 47.8 Å². The average molecular weight is 310 g/mol. The van der Waals surface area contributed by atoms with Gasteiger partial charge in [-0.1, -0.05) is 25.1 Å². The zero-order valence-corrected chi connectivity index (χ0v) is 13.4. The molecule has 1 fully saturated rings. The lowest BCUT2D eigenvalue weighted by Crippen LogP contribution is -2.33. The SMILES string of the molecule is C[C@H]1CN(C(=O)c2ccn([C@H]3CCCNC3)n2)c2ccccc21. The first-order valence-corrected chi connectivity index (χ1v) is 8.40. The van der Waals surface area contributed by atoms with Crippen molar-refractivity contribution in [1.82, 2.24) is 15.1 Å². The topological polar surface area (TPSA) is 50.2 Å². The molecular formula is C18H22N4O. The standard InChI is InChI=1S/C18H22N4O/c1-13-12-21(17-7-3-2-6-15(13)17)18(23)16-8-10-22(20-16)14-5-4-9-19-11-14/h2-3,6-8,10,13-14,19H,4-5,9,11-12H2,1H3/t13-,14-/m0/s1. The molecule has 4 rings (SSSR count). The highest BCUT2D eigenvalue weighted by atomic mass is 16.2. The largest absolute Gasteiger partial charge is 0.315 e. The fraction of sp³-hybridized carbons (Fsp3) is 0.444. The van der Waals surface area contributed by atoms with Crippen molar-refractivity contribution >= 4 is 11.6 Å². The summed E-state index contributed by atoms with van der Waals surface area (Å²) in [6, 6.07) is 10.4. The van der Waals surface area contributed by atoms with Crippen LogP contribution in [0.1, 0.15) is 47.8 Å². The first kappa shape index (κ1) is 14.5. The molecule has 1 N–H and O–H groups in total. The van der Waals surface area contributed by atoms with Gasteiger partial charge in [0.15, 0.2) is 5.69 Å². The van der Waals surface area contributed by atoms with E-state index in [0.717, 1.165) is 38.2 Å². The molecule has 2 aliphatic heterocycles. The normalized spacial score (nSPS) is 23.8. The average Bonchev–Trinajstić information content (AvgIpc) is 3.21. The molecular weight excluding hydrogens is 288 g/mol. The van der Waals surface area contributed by atoms with Gasteiger partial charge in [0.05, 0.1) is 6.04 Å². The quantitative estimate of drug-likeness (QED) is 0.927. The Morgan fingerprint density at radius 1 is 1.30 bits per heavy atom. The summed E-state index contributed by atoms with van der Waals surface area (Å²) in [6.45, 7) is 4.90. The highest BCUT2D eigenvalue weighted by Gasteiger charge is 2.31. The number of carbonyl (C=O) groups excluding carboxylic acids is 1. The van der Waals surface area contributed by atoms with Gasteiger partial charge < -0.3 is 10.2 Å². The van der Waals surface area contributed by atoms with Crippen molar-refractivity contribution in [2.45, 2.75) is 31.7 Å². The Morgan fingerprint density at radius 3 is 3.00 bits per heavy atom. The van der Waals surface area contributed by atoms with E-state index in [-0.39, 0.29) is 5.91 Å². The van der Waals surface area contributed by atoms with Crippen LogP contribution in [0, 0.1) is 0 Å². The molecule has 0 saturated carbocycles. The molecule has 1 aromatic heterocycles. The van der Waals surface area contributed by atoms with Crippen molar-refractivity contribution in [1.29, 1.82) is 0 Å². The molecule has 0 unspecified atom stereocenters. The fourth-order valence-corrected chi connectivity index (χ4v) is 3.67. The molecule has 3 heterocycles. The number of fused-ring (bicyclic) bond motifs is 1. The number of carbonyl (C=O) groups is 1. The zero-order valence-electron chi connectivity index (χ0n) is 13.4. The second-order valence-corrected chi connectivity index (χ2v) is 6.56. The number of hydrogen-bond donors (Lipinski definition) is 1. The van der Waals surface area contributed by atoms with Crippen molar-refractivity contribution in [2.75, 3.05) is 24.5 Å². The zero-order chi connectivity index (χ0) is 15.8. The summed E-state index contributed by atoms with van der Waals surface area (Å²) in [5, 5.41) is 7.95. The van der Waals surface area contributed by atoms with Gasteiger partial charge in [0.2, 0.25) is 0 Å². The minimum absolute atomic E-state index is 0.00400. The third-order valence-corrected chi connectivity index (χ3v) is 4.93. The van der Waals surface area contributed by atoms with Crippen LogP contribution in [0.2, 0.25) is 0 Å². The van der Waals surface area contributed by atoms with E-state index in [1.807, 2.05) is 40.0 Å². The minimum atomic E-state index is 0.00400. The van der Waals surface area contributed by atoms with E-state index in [1.54, 1.807) is 0 Å². The van der Waals surface area contributed by atoms with Gasteiger partial charge in [-0.05, 0) is 37.1 Å². The van der Waals surface area contributed by atoms with E-state index in [1.165, 1.54) is 5.56 Å². The predicted molar refractivity (Wildman–Crippen MR) is 89.9 cm³/mol. The molecule has 2 aliphatic rings. The summed E-state index contributed by atoms with van der Waals surface area (Å²) in [4.78, 5) is 14.8. The van der Waals surface area contributed by atoms with Gasteiger partial charge in [-0.25, -0.2) is 0 Å². The number of hydrogen-bond acceptors (Lipinski definition) is 3. The van der Waals surface area contributed by atoms with E-state index in [4.69, 9.17) is 0 Å². The van der Waals surface area contributed by atoms with Gasteiger partial charge >= 0.3 is 0 Å². The van der Waals surface area contributed by atoms with E-state index >= 15 is 0 Å². The predicted octanol–water partition coefficient (Wildman–Crippen LogP) is 2.57. The smallest absolute Gasteiger partial charge is 0.278 e. The van der Waals surface area contributed by atoms with Crippen LogP contribution in [-0.4, -0.2) is 35.3 Å². The Bertz CT molecular complexity index is 717. The first-order valence-electron chi connectivity index (χ1n) is 8.40. The molecule has 2 atom stereocenters. The van der Waals surface area contributed by atoms with Gasteiger partial charge in [-0.15, -0.1) is 0 Å². The lowest BCUT2D eigenvalue weighted by molar-refractivity contribution is 0.0982. The van der Waals surface area contributed by atoms with Gasteiger partial charge in [-0.2, -0.15) is 5.10 Å². The van der Waals surface area contributed by atoms with E-state index in [9.17, 15) is 4.79 Å². The fourth-order valence-electron chi connectivity index (χ4n) is 3.67. The van der Waals surface area contributed by atoms with Crippen LogP contribution < -0.4 is 10.2 Å². The van der Waals surface area contributed by atoms with Crippen LogP contribution in [0.15, 0.2) is 36.5 Å². The van der Waals surface area contributed by atoms with Crippen LogP contribution in [0.25, 0.3) is 0 Å². The highest BCUT2D eigenvalue weighted by Crippen LogP contribution is 2.36. The van der Waals surface area contributed by atoms with E-state index < -0.39 is 0 Å². The van der Waals surface area contributed by atoms with Gasteiger partial charge in [-0.3, -0.25) is 9.48 Å². The number of piperidine rings is 1.